The summed E-state index contributed by atoms with van der Waals surface area (Å²) in [6.45, 7) is 0. The van der Waals surface area contributed by atoms with Gasteiger partial charge in [0.15, 0.2) is 5.76 Å². The second kappa shape index (κ2) is 8.70. The van der Waals surface area contributed by atoms with E-state index in [1.807, 2.05) is 41.9 Å². The van der Waals surface area contributed by atoms with Crippen LogP contribution in [0.4, 0.5) is 0 Å². The number of hydrogen-bond acceptors (Lipinski definition) is 4. The number of carbonyl (C=O) groups excluding carboxylic acids is 1. The van der Waals surface area contributed by atoms with Crippen molar-refractivity contribution in [1.82, 2.24) is 10.8 Å². The highest BCUT2D eigenvalue weighted by atomic mass is 32.1. The maximum Gasteiger partial charge on any atom is 0.288 e. The molecule has 3 aromatic rings. The van der Waals surface area contributed by atoms with E-state index in [2.05, 4.69) is 17.2 Å². The second-order valence-electron chi connectivity index (χ2n) is 7.51. The van der Waals surface area contributed by atoms with E-state index in [9.17, 15) is 4.79 Å². The van der Waals surface area contributed by atoms with Crippen LogP contribution in [0, 0.1) is 11.8 Å². The molecule has 3 N–H and O–H groups in total. The van der Waals surface area contributed by atoms with Crippen LogP contribution in [0.3, 0.4) is 0 Å². The zero-order chi connectivity index (χ0) is 21.0. The number of fused-ring (bicyclic) bond motifs is 1. The Hall–Kier alpha value is -3.14. The molecule has 0 bridgehead atoms. The van der Waals surface area contributed by atoms with Crippen LogP contribution in [-0.2, 0) is 0 Å². The first-order valence-electron chi connectivity index (χ1n) is 9.97. The minimum atomic E-state index is -0.574. The van der Waals surface area contributed by atoms with Crippen LogP contribution in [0.25, 0.3) is 11.0 Å². The Kier molecular flexibility index (Phi) is 5.84. The minimum absolute atomic E-state index is 0.239. The number of hydrogen-bond donors (Lipinski definition) is 3. The van der Waals surface area contributed by atoms with Crippen molar-refractivity contribution < 1.29 is 14.4 Å². The van der Waals surface area contributed by atoms with Gasteiger partial charge in [-0.25, -0.2) is 0 Å². The van der Waals surface area contributed by atoms with Gasteiger partial charge in [-0.15, -0.1) is 0 Å². The van der Waals surface area contributed by atoms with E-state index in [1.54, 1.807) is 18.2 Å². The molecule has 5 nitrogen and oxygen atoms in total. The van der Waals surface area contributed by atoms with Gasteiger partial charge in [0.25, 0.3) is 5.91 Å². The molecule has 0 aliphatic heterocycles. The summed E-state index contributed by atoms with van der Waals surface area (Å²) in [5.74, 6) is 6.59. The van der Waals surface area contributed by atoms with Gasteiger partial charge < -0.3 is 9.73 Å². The number of nitrogens with one attached hydrogen (secondary N) is 2. The van der Waals surface area contributed by atoms with Crippen LogP contribution >= 0.6 is 12.2 Å². The van der Waals surface area contributed by atoms with Crippen LogP contribution in [0.15, 0.2) is 59.0 Å². The fourth-order valence-electron chi connectivity index (χ4n) is 3.77. The number of furan rings is 1. The maximum atomic E-state index is 12.9. The Morgan fingerprint density at radius 3 is 2.50 bits per heavy atom. The van der Waals surface area contributed by atoms with Gasteiger partial charge in [-0.05, 0) is 37.1 Å². The molecule has 30 heavy (non-hydrogen) atoms. The minimum Gasteiger partial charge on any atom is -0.451 e. The summed E-state index contributed by atoms with van der Waals surface area (Å²) in [5, 5.41) is 13.0. The molecule has 0 unspecified atom stereocenters. The molecule has 6 heteroatoms. The standard InChI is InChI=1S/C24H22N2O3S/c27-22(21-16-19-6-2-3-7-20(19)29-21)25-24(13-4-1-5-14-24)15-12-17-8-10-18(11-9-17)23(30)26-28/h2-3,6-11,16,28H,1,4-5,13-14H2,(H,25,27)(H,26,30). The highest BCUT2D eigenvalue weighted by molar-refractivity contribution is 7.80. The molecule has 1 amide bonds. The first-order chi connectivity index (χ1) is 14.6. The molecule has 1 heterocycles. The summed E-state index contributed by atoms with van der Waals surface area (Å²) in [6, 6.07) is 16.7. The van der Waals surface area contributed by atoms with Crippen molar-refractivity contribution in [1.29, 1.82) is 0 Å². The number of amides is 1. The molecule has 0 spiro atoms. The molecule has 152 valence electrons. The molecule has 1 saturated carbocycles. The van der Waals surface area contributed by atoms with Crippen molar-refractivity contribution in [2.24, 2.45) is 0 Å². The van der Waals surface area contributed by atoms with Crippen molar-refractivity contribution >= 4 is 34.1 Å². The van der Waals surface area contributed by atoms with E-state index in [1.165, 1.54) is 0 Å². The number of hydroxylamine groups is 1. The van der Waals surface area contributed by atoms with Gasteiger partial charge in [-0.2, -0.15) is 0 Å². The zero-order valence-electron chi connectivity index (χ0n) is 16.4. The van der Waals surface area contributed by atoms with Gasteiger partial charge in [-0.1, -0.05) is 73.7 Å². The van der Waals surface area contributed by atoms with Gasteiger partial charge in [-0.3, -0.25) is 15.5 Å². The van der Waals surface area contributed by atoms with Crippen molar-refractivity contribution in [3.63, 3.8) is 0 Å². The predicted octanol–water partition coefficient (Wildman–Crippen LogP) is 4.57. The fourth-order valence-corrected chi connectivity index (χ4v) is 3.91. The van der Waals surface area contributed by atoms with Crippen LogP contribution < -0.4 is 10.8 Å². The van der Waals surface area contributed by atoms with Gasteiger partial charge >= 0.3 is 0 Å². The van der Waals surface area contributed by atoms with Crippen molar-refractivity contribution in [2.75, 3.05) is 0 Å². The third-order valence-electron chi connectivity index (χ3n) is 5.40. The summed E-state index contributed by atoms with van der Waals surface area (Å²) in [6.07, 6.45) is 4.80. The Balaban J connectivity index is 1.56. The maximum absolute atomic E-state index is 12.9. The number of carbonyl (C=O) groups is 1. The van der Waals surface area contributed by atoms with Crippen molar-refractivity contribution in [3.8, 4) is 11.8 Å². The molecular weight excluding hydrogens is 396 g/mol. The topological polar surface area (TPSA) is 74.5 Å². The van der Waals surface area contributed by atoms with Crippen LogP contribution in [0.2, 0.25) is 0 Å². The van der Waals surface area contributed by atoms with E-state index in [0.29, 0.717) is 16.9 Å². The molecule has 0 saturated heterocycles. The van der Waals surface area contributed by atoms with E-state index in [4.69, 9.17) is 21.8 Å². The van der Waals surface area contributed by atoms with E-state index < -0.39 is 5.54 Å². The summed E-state index contributed by atoms with van der Waals surface area (Å²) in [4.78, 5) is 13.2. The number of thiocarbonyl (C=S) groups is 1. The summed E-state index contributed by atoms with van der Waals surface area (Å²) >= 11 is 5.01. The van der Waals surface area contributed by atoms with Crippen molar-refractivity contribution in [2.45, 2.75) is 37.6 Å². The van der Waals surface area contributed by atoms with E-state index in [0.717, 1.165) is 43.1 Å². The molecule has 1 aromatic heterocycles. The first-order valence-corrected chi connectivity index (χ1v) is 10.4. The predicted molar refractivity (Wildman–Crippen MR) is 119 cm³/mol. The normalized spacial score (nSPS) is 15.1. The Morgan fingerprint density at radius 1 is 1.07 bits per heavy atom. The Morgan fingerprint density at radius 2 is 1.80 bits per heavy atom. The van der Waals surface area contributed by atoms with Crippen LogP contribution in [-0.4, -0.2) is 21.6 Å². The number of benzene rings is 2. The second-order valence-corrected chi connectivity index (χ2v) is 7.92. The Bertz CT molecular complexity index is 1100. The quantitative estimate of drug-likeness (QED) is 0.330. The van der Waals surface area contributed by atoms with E-state index in [-0.39, 0.29) is 10.9 Å². The molecule has 1 fully saturated rings. The molecule has 2 aromatic carbocycles. The lowest BCUT2D eigenvalue weighted by Crippen LogP contribution is -2.48. The lowest BCUT2D eigenvalue weighted by molar-refractivity contribution is 0.0877. The van der Waals surface area contributed by atoms with Gasteiger partial charge in [0, 0.05) is 16.5 Å². The lowest BCUT2D eigenvalue weighted by atomic mass is 9.82. The monoisotopic (exact) mass is 418 g/mol. The highest BCUT2D eigenvalue weighted by Gasteiger charge is 2.33. The Labute approximate surface area is 180 Å². The molecule has 1 aliphatic carbocycles. The van der Waals surface area contributed by atoms with Crippen molar-refractivity contribution in [3.05, 3.63) is 71.5 Å². The average Bonchev–Trinajstić information content (AvgIpc) is 3.23. The molecule has 0 atom stereocenters. The largest absolute Gasteiger partial charge is 0.451 e. The van der Waals surface area contributed by atoms with Gasteiger partial charge in [0.05, 0.1) is 0 Å². The third kappa shape index (κ3) is 4.38. The van der Waals surface area contributed by atoms with Gasteiger partial charge in [0.2, 0.25) is 0 Å². The van der Waals surface area contributed by atoms with E-state index >= 15 is 0 Å². The van der Waals surface area contributed by atoms with Crippen LogP contribution in [0.1, 0.15) is 53.8 Å². The molecule has 1 aliphatic rings. The summed E-state index contributed by atoms with van der Waals surface area (Å²) in [5.41, 5.74) is 3.63. The number of para-hydroxylation sites is 1. The smallest absolute Gasteiger partial charge is 0.288 e. The zero-order valence-corrected chi connectivity index (χ0v) is 17.2. The highest BCUT2D eigenvalue weighted by Crippen LogP contribution is 2.29. The fraction of sp³-hybridized carbons (Fsp3) is 0.250. The van der Waals surface area contributed by atoms with Gasteiger partial charge in [0.1, 0.15) is 16.1 Å². The first kappa shape index (κ1) is 20.1. The lowest BCUT2D eigenvalue weighted by Gasteiger charge is -2.33. The molecular formula is C24H22N2O3S. The number of rotatable bonds is 3. The average molecular weight is 419 g/mol. The molecule has 0 radical (unpaired) electrons. The third-order valence-corrected chi connectivity index (χ3v) is 5.73. The summed E-state index contributed by atoms with van der Waals surface area (Å²) < 4.78 is 5.73. The van der Waals surface area contributed by atoms with Crippen LogP contribution in [0.5, 0.6) is 0 Å². The SMILES string of the molecule is O=C(NC1(C#Cc2ccc(C(=S)NO)cc2)CCCCC1)c1cc2ccccc2o1. The molecule has 4 rings (SSSR count). The summed E-state index contributed by atoms with van der Waals surface area (Å²) in [7, 11) is 0.